The van der Waals surface area contributed by atoms with E-state index in [2.05, 4.69) is 0 Å². The van der Waals surface area contributed by atoms with E-state index in [1.165, 1.54) is 13.0 Å². The molecular formula is C10H12FNO2. The van der Waals surface area contributed by atoms with E-state index in [0.29, 0.717) is 5.56 Å². The van der Waals surface area contributed by atoms with Crippen LogP contribution in [0.1, 0.15) is 18.1 Å². The van der Waals surface area contributed by atoms with Crippen molar-refractivity contribution in [1.29, 1.82) is 0 Å². The Balaban J connectivity index is 3.25. The summed E-state index contributed by atoms with van der Waals surface area (Å²) >= 11 is 0. The van der Waals surface area contributed by atoms with Crippen LogP contribution in [0.15, 0.2) is 18.2 Å². The topological polar surface area (TPSA) is 63.3 Å². The van der Waals surface area contributed by atoms with Crippen molar-refractivity contribution in [3.8, 4) is 0 Å². The van der Waals surface area contributed by atoms with Crippen LogP contribution < -0.4 is 5.73 Å². The third kappa shape index (κ3) is 1.90. The number of aryl methyl sites for hydroxylation is 1. The number of aliphatic carboxylic acids is 1. The largest absolute Gasteiger partial charge is 0.480 e. The molecule has 0 amide bonds. The highest BCUT2D eigenvalue weighted by atomic mass is 19.1. The van der Waals surface area contributed by atoms with Gasteiger partial charge in [0.1, 0.15) is 11.4 Å². The average molecular weight is 197 g/mol. The van der Waals surface area contributed by atoms with Crippen LogP contribution in [-0.2, 0) is 10.3 Å². The van der Waals surface area contributed by atoms with E-state index >= 15 is 0 Å². The molecule has 0 bridgehead atoms. The summed E-state index contributed by atoms with van der Waals surface area (Å²) in [4.78, 5) is 10.8. The van der Waals surface area contributed by atoms with Crippen molar-refractivity contribution in [3.05, 3.63) is 35.1 Å². The molecular weight excluding hydrogens is 185 g/mol. The van der Waals surface area contributed by atoms with Gasteiger partial charge in [-0.1, -0.05) is 6.07 Å². The van der Waals surface area contributed by atoms with E-state index in [4.69, 9.17) is 10.8 Å². The van der Waals surface area contributed by atoms with Crippen molar-refractivity contribution < 1.29 is 14.3 Å². The summed E-state index contributed by atoms with van der Waals surface area (Å²) in [6, 6.07) is 4.03. The molecule has 0 heterocycles. The van der Waals surface area contributed by atoms with Crippen molar-refractivity contribution in [1.82, 2.24) is 0 Å². The normalized spacial score (nSPS) is 14.9. The van der Waals surface area contributed by atoms with Crippen molar-refractivity contribution in [2.45, 2.75) is 19.4 Å². The summed E-state index contributed by atoms with van der Waals surface area (Å²) in [6.07, 6.45) is 0. The molecule has 3 nitrogen and oxygen atoms in total. The van der Waals surface area contributed by atoms with Crippen LogP contribution in [0.3, 0.4) is 0 Å². The number of hydrogen-bond acceptors (Lipinski definition) is 2. The molecule has 0 aliphatic carbocycles. The van der Waals surface area contributed by atoms with Gasteiger partial charge in [-0.05, 0) is 37.1 Å². The second kappa shape index (κ2) is 3.38. The maximum atomic E-state index is 13.0. The maximum Gasteiger partial charge on any atom is 0.328 e. The molecule has 0 fully saturated rings. The lowest BCUT2D eigenvalue weighted by Crippen LogP contribution is -2.41. The predicted octanol–water partition coefficient (Wildman–Crippen LogP) is 1.39. The number of carboxylic acids is 1. The summed E-state index contributed by atoms with van der Waals surface area (Å²) < 4.78 is 13.0. The third-order valence-corrected chi connectivity index (χ3v) is 2.09. The minimum atomic E-state index is -1.55. The predicted molar refractivity (Wildman–Crippen MR) is 50.3 cm³/mol. The first-order valence-electron chi connectivity index (χ1n) is 4.14. The Morgan fingerprint density at radius 1 is 1.50 bits per heavy atom. The lowest BCUT2D eigenvalue weighted by molar-refractivity contribution is -0.143. The Bertz CT molecular complexity index is 354. The van der Waals surface area contributed by atoms with Gasteiger partial charge in [-0.3, -0.25) is 0 Å². The van der Waals surface area contributed by atoms with E-state index in [-0.39, 0.29) is 5.56 Å². The zero-order valence-electron chi connectivity index (χ0n) is 8.04. The van der Waals surface area contributed by atoms with E-state index in [1.807, 2.05) is 0 Å². The molecule has 0 aliphatic rings. The van der Waals surface area contributed by atoms with Gasteiger partial charge in [0.15, 0.2) is 0 Å². The van der Waals surface area contributed by atoms with Gasteiger partial charge >= 0.3 is 5.97 Å². The molecule has 3 N–H and O–H groups in total. The number of carboxylic acid groups (broad SMARTS) is 1. The van der Waals surface area contributed by atoms with Gasteiger partial charge in [0.05, 0.1) is 0 Å². The quantitative estimate of drug-likeness (QED) is 0.753. The molecule has 0 aromatic heterocycles. The third-order valence-electron chi connectivity index (χ3n) is 2.09. The first-order chi connectivity index (χ1) is 6.34. The second-order valence-corrected chi connectivity index (χ2v) is 3.52. The fourth-order valence-electron chi connectivity index (χ4n) is 1.16. The van der Waals surface area contributed by atoms with Gasteiger partial charge in [-0.15, -0.1) is 0 Å². The minimum absolute atomic E-state index is 0.266. The van der Waals surface area contributed by atoms with Crippen LogP contribution in [0, 0.1) is 12.7 Å². The van der Waals surface area contributed by atoms with E-state index in [1.54, 1.807) is 13.0 Å². The molecule has 1 aromatic rings. The van der Waals surface area contributed by atoms with Gasteiger partial charge < -0.3 is 10.8 Å². The van der Waals surface area contributed by atoms with Gasteiger partial charge in [0.2, 0.25) is 0 Å². The maximum absolute atomic E-state index is 13.0. The van der Waals surface area contributed by atoms with E-state index in [0.717, 1.165) is 6.07 Å². The first-order valence-corrected chi connectivity index (χ1v) is 4.14. The lowest BCUT2D eigenvalue weighted by atomic mass is 9.92. The molecule has 4 heteroatoms. The summed E-state index contributed by atoms with van der Waals surface area (Å²) in [5, 5.41) is 8.83. The highest BCUT2D eigenvalue weighted by Gasteiger charge is 2.30. The van der Waals surface area contributed by atoms with Gasteiger partial charge in [0.25, 0.3) is 0 Å². The van der Waals surface area contributed by atoms with Gasteiger partial charge in [-0.2, -0.15) is 0 Å². The van der Waals surface area contributed by atoms with Crippen LogP contribution in [-0.4, -0.2) is 11.1 Å². The molecule has 1 rings (SSSR count). The highest BCUT2D eigenvalue weighted by Crippen LogP contribution is 2.20. The number of nitrogens with two attached hydrogens (primary N) is 1. The van der Waals surface area contributed by atoms with Crippen LogP contribution in [0.5, 0.6) is 0 Å². The van der Waals surface area contributed by atoms with Crippen LogP contribution in [0.25, 0.3) is 0 Å². The summed E-state index contributed by atoms with van der Waals surface area (Å²) in [5.74, 6) is -1.65. The molecule has 1 atom stereocenters. The molecule has 1 aromatic carbocycles. The first kappa shape index (κ1) is 10.7. The average Bonchev–Trinajstić information content (AvgIpc) is 2.01. The van der Waals surface area contributed by atoms with Crippen molar-refractivity contribution >= 4 is 5.97 Å². The SMILES string of the molecule is Cc1cc(F)cc([C@@](C)(N)C(=O)O)c1. The fourth-order valence-corrected chi connectivity index (χ4v) is 1.16. The molecule has 0 radical (unpaired) electrons. The fraction of sp³-hybridized carbons (Fsp3) is 0.300. The number of hydrogen-bond donors (Lipinski definition) is 2. The molecule has 0 saturated heterocycles. The molecule has 0 saturated carbocycles. The molecule has 0 aliphatic heterocycles. The van der Waals surface area contributed by atoms with Crippen molar-refractivity contribution in [2.24, 2.45) is 5.73 Å². The lowest BCUT2D eigenvalue weighted by Gasteiger charge is -2.20. The van der Waals surface area contributed by atoms with E-state index < -0.39 is 17.3 Å². The number of halogens is 1. The Kier molecular flexibility index (Phi) is 2.57. The Labute approximate surface area is 81.4 Å². The van der Waals surface area contributed by atoms with Crippen LogP contribution in [0.2, 0.25) is 0 Å². The Morgan fingerprint density at radius 3 is 2.50 bits per heavy atom. The molecule has 76 valence electrons. The minimum Gasteiger partial charge on any atom is -0.480 e. The summed E-state index contributed by atoms with van der Waals surface area (Å²) in [5.41, 5.74) is 4.92. The monoisotopic (exact) mass is 197 g/mol. The number of rotatable bonds is 2. The van der Waals surface area contributed by atoms with Crippen molar-refractivity contribution in [3.63, 3.8) is 0 Å². The summed E-state index contributed by atoms with van der Waals surface area (Å²) in [7, 11) is 0. The highest BCUT2D eigenvalue weighted by molar-refractivity contribution is 5.79. The van der Waals surface area contributed by atoms with Crippen LogP contribution in [0.4, 0.5) is 4.39 Å². The zero-order valence-corrected chi connectivity index (χ0v) is 8.04. The van der Waals surface area contributed by atoms with Crippen LogP contribution >= 0.6 is 0 Å². The molecule has 0 spiro atoms. The van der Waals surface area contributed by atoms with E-state index in [9.17, 15) is 9.18 Å². The summed E-state index contributed by atoms with van der Waals surface area (Å²) in [6.45, 7) is 3.02. The van der Waals surface area contributed by atoms with Gasteiger partial charge in [-0.25, -0.2) is 9.18 Å². The molecule has 14 heavy (non-hydrogen) atoms. The zero-order chi connectivity index (χ0) is 10.9. The smallest absolute Gasteiger partial charge is 0.328 e. The van der Waals surface area contributed by atoms with Crippen molar-refractivity contribution in [2.75, 3.05) is 0 Å². The number of carbonyl (C=O) groups is 1. The standard InChI is InChI=1S/C10H12FNO2/c1-6-3-7(5-8(11)4-6)10(2,12)9(13)14/h3-5H,12H2,1-2H3,(H,13,14)/t10-/m1/s1. The Morgan fingerprint density at radius 2 is 2.07 bits per heavy atom. The second-order valence-electron chi connectivity index (χ2n) is 3.52. The number of benzene rings is 1. The van der Waals surface area contributed by atoms with Gasteiger partial charge in [0, 0.05) is 0 Å². The molecule has 0 unspecified atom stereocenters. The Hall–Kier alpha value is -1.42.